The normalized spacial score (nSPS) is 12.7. The molecule has 2 aromatic rings. The Kier molecular flexibility index (Phi) is 3.61. The fraction of sp³-hybridized carbons (Fsp3) is 0.182. The van der Waals surface area contributed by atoms with E-state index in [-0.39, 0.29) is 9.90 Å². The van der Waals surface area contributed by atoms with Crippen molar-refractivity contribution in [1.29, 1.82) is 0 Å². The Labute approximate surface area is 117 Å². The van der Waals surface area contributed by atoms with Gasteiger partial charge in [0.05, 0.1) is 11.3 Å². The Bertz CT molecular complexity index is 734. The van der Waals surface area contributed by atoms with Gasteiger partial charge in [-0.15, -0.1) is 11.3 Å². The molecule has 0 aliphatic heterocycles. The van der Waals surface area contributed by atoms with E-state index in [9.17, 15) is 21.6 Å². The second kappa shape index (κ2) is 4.83. The number of sulfonamides is 1. The number of nitrogens with two attached hydrogens (primary N) is 1. The molecule has 0 fully saturated rings. The molecule has 0 atom stereocenters. The van der Waals surface area contributed by atoms with Gasteiger partial charge in [-0.1, -0.05) is 12.1 Å². The summed E-state index contributed by atoms with van der Waals surface area (Å²) < 4.78 is 59.8. The molecular weight excluding hydrogens is 313 g/mol. The molecule has 0 radical (unpaired) electrons. The number of benzene rings is 1. The van der Waals surface area contributed by atoms with Crippen molar-refractivity contribution < 1.29 is 21.6 Å². The van der Waals surface area contributed by atoms with E-state index in [2.05, 4.69) is 4.98 Å². The summed E-state index contributed by atoms with van der Waals surface area (Å²) in [6.45, 7) is 1.48. The summed E-state index contributed by atoms with van der Waals surface area (Å²) in [5, 5.41) is 5.33. The smallest absolute Gasteiger partial charge is 0.240 e. The Morgan fingerprint density at radius 3 is 2.15 bits per heavy atom. The highest BCUT2D eigenvalue weighted by Gasteiger charge is 2.30. The maximum atomic E-state index is 12.4. The van der Waals surface area contributed by atoms with Gasteiger partial charge < -0.3 is 0 Å². The summed E-state index contributed by atoms with van der Waals surface area (Å²) in [6.07, 6.45) is -4.41. The van der Waals surface area contributed by atoms with Gasteiger partial charge in [-0.25, -0.2) is 18.5 Å². The molecule has 0 amide bonds. The van der Waals surface area contributed by atoms with Crippen LogP contribution in [-0.4, -0.2) is 13.4 Å². The highest BCUT2D eigenvalue weighted by Crippen LogP contribution is 2.33. The van der Waals surface area contributed by atoms with Crippen molar-refractivity contribution >= 4 is 21.4 Å². The third-order valence-electron chi connectivity index (χ3n) is 2.47. The monoisotopic (exact) mass is 322 g/mol. The second-order valence-corrected chi connectivity index (χ2v) is 6.77. The number of primary sulfonamides is 1. The van der Waals surface area contributed by atoms with E-state index >= 15 is 0 Å². The lowest BCUT2D eigenvalue weighted by Crippen LogP contribution is -2.11. The van der Waals surface area contributed by atoms with E-state index in [4.69, 9.17) is 5.14 Å². The maximum absolute atomic E-state index is 12.4. The van der Waals surface area contributed by atoms with Crippen LogP contribution < -0.4 is 5.14 Å². The lowest BCUT2D eigenvalue weighted by Gasteiger charge is -2.06. The van der Waals surface area contributed by atoms with E-state index < -0.39 is 21.8 Å². The van der Waals surface area contributed by atoms with Gasteiger partial charge in [0, 0.05) is 5.56 Å². The number of aromatic nitrogens is 1. The molecule has 4 nitrogen and oxygen atoms in total. The molecule has 9 heteroatoms. The van der Waals surface area contributed by atoms with Crippen LogP contribution in [-0.2, 0) is 16.2 Å². The zero-order chi connectivity index (χ0) is 15.1. The van der Waals surface area contributed by atoms with Gasteiger partial charge in [0.1, 0.15) is 5.01 Å². The van der Waals surface area contributed by atoms with E-state index in [1.54, 1.807) is 0 Å². The summed E-state index contributed by atoms with van der Waals surface area (Å²) >= 11 is 0.828. The highest BCUT2D eigenvalue weighted by atomic mass is 32.2. The van der Waals surface area contributed by atoms with Gasteiger partial charge in [-0.2, -0.15) is 13.2 Å². The van der Waals surface area contributed by atoms with Gasteiger partial charge in [0.15, 0.2) is 4.21 Å². The molecule has 0 saturated heterocycles. The number of thiazole rings is 1. The minimum atomic E-state index is -4.41. The second-order valence-electron chi connectivity index (χ2n) is 4.01. The standard InChI is InChI=1S/C11H9F3N2O2S2/c1-6-10(20(15,17)18)19-9(16-6)7-2-4-8(5-3-7)11(12,13)14/h2-5H,1H3,(H2,15,17,18). The average Bonchev–Trinajstić information content (AvgIpc) is 2.70. The zero-order valence-electron chi connectivity index (χ0n) is 10.1. The van der Waals surface area contributed by atoms with Crippen LogP contribution in [0.4, 0.5) is 13.2 Å². The minimum Gasteiger partial charge on any atom is -0.240 e. The summed E-state index contributed by atoms with van der Waals surface area (Å²) in [5.74, 6) is 0. The van der Waals surface area contributed by atoms with Crippen LogP contribution in [0, 0.1) is 6.92 Å². The third-order valence-corrected chi connectivity index (χ3v) is 5.23. The highest BCUT2D eigenvalue weighted by molar-refractivity contribution is 7.91. The molecule has 0 unspecified atom stereocenters. The van der Waals surface area contributed by atoms with Crippen molar-refractivity contribution in [3.8, 4) is 10.6 Å². The molecule has 0 aliphatic carbocycles. The molecule has 0 bridgehead atoms. The lowest BCUT2D eigenvalue weighted by atomic mass is 10.1. The van der Waals surface area contributed by atoms with Crippen LogP contribution in [0.2, 0.25) is 0 Å². The molecular formula is C11H9F3N2O2S2. The van der Waals surface area contributed by atoms with E-state index in [1.807, 2.05) is 0 Å². The van der Waals surface area contributed by atoms with Crippen molar-refractivity contribution in [1.82, 2.24) is 4.98 Å². The summed E-state index contributed by atoms with van der Waals surface area (Å²) in [6, 6.07) is 4.33. The van der Waals surface area contributed by atoms with Crippen LogP contribution in [0.15, 0.2) is 28.5 Å². The van der Waals surface area contributed by atoms with E-state index in [0.717, 1.165) is 23.5 Å². The van der Waals surface area contributed by atoms with Crippen molar-refractivity contribution in [2.75, 3.05) is 0 Å². The minimum absolute atomic E-state index is 0.0904. The summed E-state index contributed by atoms with van der Waals surface area (Å²) in [7, 11) is -3.88. The van der Waals surface area contributed by atoms with Crippen LogP contribution in [0.1, 0.15) is 11.3 Å². The number of hydrogen-bond donors (Lipinski definition) is 1. The van der Waals surface area contributed by atoms with Crippen molar-refractivity contribution in [3.05, 3.63) is 35.5 Å². The van der Waals surface area contributed by atoms with Gasteiger partial charge in [-0.3, -0.25) is 0 Å². The first-order valence-corrected chi connectivity index (χ1v) is 7.63. The molecule has 0 spiro atoms. The third kappa shape index (κ3) is 3.00. The average molecular weight is 322 g/mol. The number of alkyl halides is 3. The first-order valence-electron chi connectivity index (χ1n) is 5.27. The van der Waals surface area contributed by atoms with Gasteiger partial charge in [0.2, 0.25) is 10.0 Å². The Balaban J connectivity index is 2.43. The predicted molar refractivity (Wildman–Crippen MR) is 68.7 cm³/mol. The fourth-order valence-electron chi connectivity index (χ4n) is 1.57. The molecule has 20 heavy (non-hydrogen) atoms. The van der Waals surface area contributed by atoms with E-state index in [1.165, 1.54) is 19.1 Å². The van der Waals surface area contributed by atoms with Gasteiger partial charge in [-0.05, 0) is 19.1 Å². The molecule has 2 rings (SSSR count). The molecule has 108 valence electrons. The SMILES string of the molecule is Cc1nc(-c2ccc(C(F)(F)F)cc2)sc1S(N)(=O)=O. The number of nitrogens with zero attached hydrogens (tertiary/aromatic N) is 1. The molecule has 0 saturated carbocycles. The zero-order valence-corrected chi connectivity index (χ0v) is 11.7. The number of aryl methyl sites for hydroxylation is 1. The van der Waals surface area contributed by atoms with Gasteiger partial charge >= 0.3 is 6.18 Å². The quantitative estimate of drug-likeness (QED) is 0.924. The first-order chi connectivity index (χ1) is 9.09. The molecule has 0 aliphatic rings. The Morgan fingerprint density at radius 2 is 1.75 bits per heavy atom. The number of halogens is 3. The molecule has 1 aromatic carbocycles. The molecule has 1 aromatic heterocycles. The first kappa shape index (κ1) is 14.9. The van der Waals surface area contributed by atoms with Crippen LogP contribution >= 0.6 is 11.3 Å². The summed E-state index contributed by atoms with van der Waals surface area (Å²) in [4.78, 5) is 4.02. The van der Waals surface area contributed by atoms with Crippen molar-refractivity contribution in [2.24, 2.45) is 5.14 Å². The maximum Gasteiger partial charge on any atom is 0.416 e. The Hall–Kier alpha value is -1.45. The van der Waals surface area contributed by atoms with Gasteiger partial charge in [0.25, 0.3) is 0 Å². The fourth-order valence-corrected chi connectivity index (χ4v) is 3.54. The topological polar surface area (TPSA) is 73.0 Å². The van der Waals surface area contributed by atoms with Crippen molar-refractivity contribution in [2.45, 2.75) is 17.3 Å². The van der Waals surface area contributed by atoms with Crippen molar-refractivity contribution in [3.63, 3.8) is 0 Å². The lowest BCUT2D eigenvalue weighted by molar-refractivity contribution is -0.137. The number of hydrogen-bond acceptors (Lipinski definition) is 4. The largest absolute Gasteiger partial charge is 0.416 e. The van der Waals surface area contributed by atoms with Crippen LogP contribution in [0.5, 0.6) is 0 Å². The molecule has 1 heterocycles. The van der Waals surface area contributed by atoms with Crippen LogP contribution in [0.3, 0.4) is 0 Å². The van der Waals surface area contributed by atoms with E-state index in [0.29, 0.717) is 10.6 Å². The Morgan fingerprint density at radius 1 is 1.20 bits per heavy atom. The number of rotatable bonds is 2. The molecule has 2 N–H and O–H groups in total. The van der Waals surface area contributed by atoms with Crippen LogP contribution in [0.25, 0.3) is 10.6 Å². The summed E-state index contributed by atoms with van der Waals surface area (Å²) in [5.41, 5.74) is -0.144. The predicted octanol–water partition coefficient (Wildman–Crippen LogP) is 2.78.